The number of amides is 2. The molecule has 7 nitrogen and oxygen atoms in total. The summed E-state index contributed by atoms with van der Waals surface area (Å²) in [5.41, 5.74) is 2.87. The summed E-state index contributed by atoms with van der Waals surface area (Å²) in [5.74, 6) is -1.51. The van der Waals surface area contributed by atoms with E-state index in [-0.39, 0.29) is 0 Å². The first kappa shape index (κ1) is 19.4. The van der Waals surface area contributed by atoms with Gasteiger partial charge in [-0.3, -0.25) is 9.59 Å². The van der Waals surface area contributed by atoms with Gasteiger partial charge >= 0.3 is 11.8 Å². The third-order valence-corrected chi connectivity index (χ3v) is 4.51. The minimum absolute atomic E-state index is 0.309. The lowest BCUT2D eigenvalue weighted by atomic mass is 10.1. The monoisotopic (exact) mass is 378 g/mol. The number of ether oxygens (including phenoxy) is 1. The van der Waals surface area contributed by atoms with E-state index in [1.54, 1.807) is 24.3 Å². The summed E-state index contributed by atoms with van der Waals surface area (Å²) in [7, 11) is 0. The molecule has 2 aromatic carbocycles. The van der Waals surface area contributed by atoms with E-state index in [1.165, 1.54) is 0 Å². The molecule has 1 heterocycles. The molecule has 2 amide bonds. The molecule has 0 radical (unpaired) electrons. The van der Waals surface area contributed by atoms with Gasteiger partial charge in [0.25, 0.3) is 0 Å². The Morgan fingerprint density at radius 1 is 1.04 bits per heavy atom. The second-order valence-corrected chi connectivity index (χ2v) is 6.38. The van der Waals surface area contributed by atoms with Crippen LogP contribution in [0, 0.1) is 11.3 Å². The number of anilines is 2. The van der Waals surface area contributed by atoms with Gasteiger partial charge in [-0.05, 0) is 36.2 Å². The van der Waals surface area contributed by atoms with E-state index >= 15 is 0 Å². The van der Waals surface area contributed by atoms with Crippen molar-refractivity contribution >= 4 is 23.2 Å². The first-order chi connectivity index (χ1) is 13.7. The normalized spacial score (nSPS) is 13.5. The lowest BCUT2D eigenvalue weighted by molar-refractivity contribution is -0.136. The molecule has 144 valence electrons. The largest absolute Gasteiger partial charge is 0.378 e. The molecule has 1 saturated heterocycles. The van der Waals surface area contributed by atoms with Crippen LogP contribution >= 0.6 is 0 Å². The molecule has 0 spiro atoms. The molecular weight excluding hydrogens is 356 g/mol. The maximum atomic E-state index is 12.0. The highest BCUT2D eigenvalue weighted by Crippen LogP contribution is 2.17. The van der Waals surface area contributed by atoms with Gasteiger partial charge in [-0.2, -0.15) is 5.26 Å². The third kappa shape index (κ3) is 5.09. The Morgan fingerprint density at radius 3 is 2.46 bits per heavy atom. The maximum Gasteiger partial charge on any atom is 0.313 e. The van der Waals surface area contributed by atoms with Crippen LogP contribution in [0.4, 0.5) is 11.4 Å². The SMILES string of the molecule is N#Cc1ccccc1NC(=O)C(=O)NCCc1ccc(N2CCOCC2)cc1. The number of carbonyl (C=O) groups is 2. The summed E-state index contributed by atoms with van der Waals surface area (Å²) in [6.07, 6.45) is 0.622. The molecule has 28 heavy (non-hydrogen) atoms. The lowest BCUT2D eigenvalue weighted by Crippen LogP contribution is -2.36. The van der Waals surface area contributed by atoms with Crippen molar-refractivity contribution in [3.63, 3.8) is 0 Å². The molecule has 0 saturated carbocycles. The Hall–Kier alpha value is -3.37. The van der Waals surface area contributed by atoms with Crippen LogP contribution in [-0.4, -0.2) is 44.7 Å². The van der Waals surface area contributed by atoms with E-state index in [9.17, 15) is 9.59 Å². The predicted molar refractivity (Wildman–Crippen MR) is 106 cm³/mol. The Labute approximate surface area is 163 Å². The zero-order valence-corrected chi connectivity index (χ0v) is 15.5. The number of benzene rings is 2. The average molecular weight is 378 g/mol. The van der Waals surface area contributed by atoms with Crippen molar-refractivity contribution in [3.8, 4) is 6.07 Å². The standard InChI is InChI=1S/C21H22N4O3/c22-15-17-3-1-2-4-19(17)24-21(27)20(26)23-10-9-16-5-7-18(8-6-16)25-11-13-28-14-12-25/h1-8H,9-14H2,(H,23,26)(H,24,27). The number of morpholine rings is 1. The highest BCUT2D eigenvalue weighted by Gasteiger charge is 2.15. The second-order valence-electron chi connectivity index (χ2n) is 6.38. The lowest BCUT2D eigenvalue weighted by Gasteiger charge is -2.28. The minimum Gasteiger partial charge on any atom is -0.378 e. The summed E-state index contributed by atoms with van der Waals surface area (Å²) in [4.78, 5) is 26.2. The van der Waals surface area contributed by atoms with Crippen LogP contribution in [0.5, 0.6) is 0 Å². The van der Waals surface area contributed by atoms with Gasteiger partial charge in [-0.25, -0.2) is 0 Å². The Kier molecular flexibility index (Phi) is 6.60. The molecule has 1 aliphatic heterocycles. The van der Waals surface area contributed by atoms with Crippen LogP contribution in [-0.2, 0) is 20.7 Å². The maximum absolute atomic E-state index is 12.0. The van der Waals surface area contributed by atoms with E-state index < -0.39 is 11.8 Å². The molecule has 1 aliphatic rings. The van der Waals surface area contributed by atoms with Gasteiger partial charge in [0.15, 0.2) is 0 Å². The van der Waals surface area contributed by atoms with Gasteiger partial charge in [0, 0.05) is 25.3 Å². The fourth-order valence-corrected chi connectivity index (χ4v) is 2.96. The summed E-state index contributed by atoms with van der Waals surface area (Å²) < 4.78 is 5.36. The fraction of sp³-hybridized carbons (Fsp3) is 0.286. The molecule has 1 fully saturated rings. The number of nitriles is 1. The van der Waals surface area contributed by atoms with Crippen molar-refractivity contribution in [2.45, 2.75) is 6.42 Å². The van der Waals surface area contributed by atoms with E-state index in [4.69, 9.17) is 10.00 Å². The van der Waals surface area contributed by atoms with Crippen molar-refractivity contribution in [1.29, 1.82) is 5.26 Å². The molecule has 0 aliphatic carbocycles. The summed E-state index contributed by atoms with van der Waals surface area (Å²) in [6.45, 7) is 3.62. The number of para-hydroxylation sites is 1. The summed E-state index contributed by atoms with van der Waals surface area (Å²) in [5, 5.41) is 14.1. The van der Waals surface area contributed by atoms with E-state index in [0.29, 0.717) is 24.2 Å². The van der Waals surface area contributed by atoms with Gasteiger partial charge in [0.2, 0.25) is 0 Å². The van der Waals surface area contributed by atoms with Crippen LogP contribution in [0.3, 0.4) is 0 Å². The molecule has 0 bridgehead atoms. The van der Waals surface area contributed by atoms with E-state index in [2.05, 4.69) is 27.7 Å². The highest BCUT2D eigenvalue weighted by molar-refractivity contribution is 6.39. The first-order valence-electron chi connectivity index (χ1n) is 9.17. The predicted octanol–water partition coefficient (Wildman–Crippen LogP) is 1.69. The number of carbonyl (C=O) groups excluding carboxylic acids is 2. The van der Waals surface area contributed by atoms with Crippen molar-refractivity contribution in [2.75, 3.05) is 43.1 Å². The fourth-order valence-electron chi connectivity index (χ4n) is 2.96. The molecular formula is C21H22N4O3. The molecule has 7 heteroatoms. The van der Waals surface area contributed by atoms with Crippen molar-refractivity contribution in [3.05, 3.63) is 59.7 Å². The molecule has 0 unspecified atom stereocenters. The topological polar surface area (TPSA) is 94.5 Å². The first-order valence-corrected chi connectivity index (χ1v) is 9.17. The van der Waals surface area contributed by atoms with Crippen LogP contribution in [0.1, 0.15) is 11.1 Å². The molecule has 2 N–H and O–H groups in total. The molecule has 2 aromatic rings. The van der Waals surface area contributed by atoms with Crippen LogP contribution < -0.4 is 15.5 Å². The van der Waals surface area contributed by atoms with Crippen molar-refractivity contribution in [1.82, 2.24) is 5.32 Å². The van der Waals surface area contributed by atoms with Crippen LogP contribution in [0.25, 0.3) is 0 Å². The number of nitrogens with one attached hydrogen (secondary N) is 2. The van der Waals surface area contributed by atoms with Gasteiger partial charge in [-0.1, -0.05) is 24.3 Å². The Balaban J connectivity index is 1.45. The number of nitrogens with zero attached hydrogens (tertiary/aromatic N) is 2. The molecule has 0 aromatic heterocycles. The smallest absolute Gasteiger partial charge is 0.313 e. The highest BCUT2D eigenvalue weighted by atomic mass is 16.5. The average Bonchev–Trinajstić information content (AvgIpc) is 2.75. The van der Waals surface area contributed by atoms with Gasteiger partial charge in [0.1, 0.15) is 6.07 Å². The molecule has 3 rings (SSSR count). The van der Waals surface area contributed by atoms with Crippen molar-refractivity contribution < 1.29 is 14.3 Å². The molecule has 0 atom stereocenters. The third-order valence-electron chi connectivity index (χ3n) is 4.51. The Morgan fingerprint density at radius 2 is 1.75 bits per heavy atom. The van der Waals surface area contributed by atoms with Gasteiger partial charge in [-0.15, -0.1) is 0 Å². The quantitative estimate of drug-likeness (QED) is 0.772. The van der Waals surface area contributed by atoms with Gasteiger partial charge < -0.3 is 20.3 Å². The number of hydrogen-bond acceptors (Lipinski definition) is 5. The number of hydrogen-bond donors (Lipinski definition) is 2. The Bertz CT molecular complexity index is 868. The van der Waals surface area contributed by atoms with Crippen molar-refractivity contribution in [2.24, 2.45) is 0 Å². The van der Waals surface area contributed by atoms with Crippen LogP contribution in [0.15, 0.2) is 48.5 Å². The number of rotatable bonds is 5. The van der Waals surface area contributed by atoms with Crippen LogP contribution in [0.2, 0.25) is 0 Å². The second kappa shape index (κ2) is 9.53. The zero-order valence-electron chi connectivity index (χ0n) is 15.5. The van der Waals surface area contributed by atoms with E-state index in [0.717, 1.165) is 37.6 Å². The minimum atomic E-state index is -0.787. The summed E-state index contributed by atoms with van der Waals surface area (Å²) in [6, 6.07) is 16.7. The summed E-state index contributed by atoms with van der Waals surface area (Å²) >= 11 is 0. The van der Waals surface area contributed by atoms with E-state index in [1.807, 2.05) is 18.2 Å². The zero-order chi connectivity index (χ0) is 19.8. The van der Waals surface area contributed by atoms with Gasteiger partial charge in [0.05, 0.1) is 24.5 Å².